The van der Waals surface area contributed by atoms with Gasteiger partial charge in [0.1, 0.15) is 0 Å². The smallest absolute Gasteiger partial charge is 0.0544 e. The number of hydrogen-bond donors (Lipinski definition) is 1. The molecule has 2 unspecified atom stereocenters. The van der Waals surface area contributed by atoms with Crippen LogP contribution in [0.4, 0.5) is 5.69 Å². The highest BCUT2D eigenvalue weighted by molar-refractivity contribution is 7.39. The Hall–Kier alpha value is -3.18. The van der Waals surface area contributed by atoms with Crippen LogP contribution in [0.1, 0.15) is 0 Å². The summed E-state index contributed by atoms with van der Waals surface area (Å²) in [5.41, 5.74) is 8.38. The lowest BCUT2D eigenvalue weighted by Crippen LogP contribution is -1.93. The molecular formula is C28H22N2P2. The number of nitrogens with one attached hydrogen (secondary N) is 1. The predicted octanol–water partition coefficient (Wildman–Crippen LogP) is 8.19. The van der Waals surface area contributed by atoms with Gasteiger partial charge in [-0.05, 0) is 65.1 Å². The largest absolute Gasteiger partial charge is 0.354 e. The molecule has 4 heteroatoms. The lowest BCUT2D eigenvalue weighted by molar-refractivity contribution is 1.55. The molecule has 2 atom stereocenters. The highest BCUT2D eigenvalue weighted by atomic mass is 31.1. The molecule has 1 N–H and O–H groups in total. The van der Waals surface area contributed by atoms with Crippen molar-refractivity contribution in [3.8, 4) is 22.3 Å². The molecule has 6 aromatic rings. The molecular weight excluding hydrogens is 426 g/mol. The molecule has 32 heavy (non-hydrogen) atoms. The van der Waals surface area contributed by atoms with E-state index in [4.69, 9.17) is 0 Å². The minimum atomic E-state index is 1.15. The van der Waals surface area contributed by atoms with Crippen molar-refractivity contribution in [3.05, 3.63) is 103 Å². The van der Waals surface area contributed by atoms with Crippen LogP contribution < -0.4 is 4.44 Å². The average Bonchev–Trinajstić information content (AvgIpc) is 3.22. The number of rotatable bonds is 3. The van der Waals surface area contributed by atoms with Crippen LogP contribution in [0.3, 0.4) is 0 Å². The minimum Gasteiger partial charge on any atom is -0.354 e. The van der Waals surface area contributed by atoms with E-state index in [0.29, 0.717) is 0 Å². The molecule has 0 aliphatic carbocycles. The number of benzene rings is 5. The van der Waals surface area contributed by atoms with Gasteiger partial charge in [-0.25, -0.2) is 0 Å². The van der Waals surface area contributed by atoms with Gasteiger partial charge in [0.25, 0.3) is 0 Å². The summed E-state index contributed by atoms with van der Waals surface area (Å²) in [6.45, 7) is 0. The van der Waals surface area contributed by atoms with E-state index < -0.39 is 0 Å². The molecule has 1 aromatic heterocycles. The first-order chi connectivity index (χ1) is 15.7. The zero-order valence-electron chi connectivity index (χ0n) is 17.4. The number of aromatic amines is 1. The van der Waals surface area contributed by atoms with Gasteiger partial charge in [0.05, 0.1) is 11.2 Å². The number of H-pyrrole nitrogens is 1. The second-order valence-electron chi connectivity index (χ2n) is 8.10. The Labute approximate surface area is 191 Å². The molecule has 0 bridgehead atoms. The minimum absolute atomic E-state index is 1.15. The van der Waals surface area contributed by atoms with Crippen LogP contribution in [0, 0.1) is 0 Å². The van der Waals surface area contributed by atoms with Crippen LogP contribution >= 0.6 is 18.8 Å². The van der Waals surface area contributed by atoms with Gasteiger partial charge in [-0.15, -0.1) is 0 Å². The van der Waals surface area contributed by atoms with Crippen LogP contribution in [0.25, 0.3) is 54.8 Å². The van der Waals surface area contributed by atoms with E-state index in [1.54, 1.807) is 0 Å². The molecule has 2 nitrogen and oxygen atoms in total. The Kier molecular flexibility index (Phi) is 4.72. The number of aromatic nitrogens is 1. The maximum absolute atomic E-state index is 3.65. The Balaban J connectivity index is 1.51. The molecule has 0 aliphatic rings. The number of anilines is 1. The highest BCUT2D eigenvalue weighted by Crippen LogP contribution is 2.37. The lowest BCUT2D eigenvalue weighted by atomic mass is 9.97. The van der Waals surface area contributed by atoms with Crippen molar-refractivity contribution in [1.29, 1.82) is 0 Å². The molecule has 0 saturated carbocycles. The topological polar surface area (TPSA) is 19.0 Å². The number of hydrogen-bond acceptors (Lipinski definition) is 1. The maximum atomic E-state index is 3.65. The Morgan fingerprint density at radius 3 is 2.25 bits per heavy atom. The van der Waals surface area contributed by atoms with Gasteiger partial charge in [-0.3, -0.25) is 0 Å². The van der Waals surface area contributed by atoms with Crippen molar-refractivity contribution >= 4 is 57.0 Å². The molecule has 0 fully saturated rings. The summed E-state index contributed by atoms with van der Waals surface area (Å²) in [7, 11) is 5.44. The van der Waals surface area contributed by atoms with Crippen LogP contribution in [-0.4, -0.2) is 4.98 Å². The van der Waals surface area contributed by atoms with E-state index in [-0.39, 0.29) is 0 Å². The maximum Gasteiger partial charge on any atom is 0.0544 e. The average molecular weight is 448 g/mol. The molecule has 0 spiro atoms. The Bertz CT molecular complexity index is 1610. The third-order valence-corrected chi connectivity index (χ3v) is 6.74. The van der Waals surface area contributed by atoms with Crippen LogP contribution in [0.2, 0.25) is 0 Å². The van der Waals surface area contributed by atoms with E-state index in [1.165, 1.54) is 54.8 Å². The van der Waals surface area contributed by atoms with Crippen LogP contribution in [-0.2, 0) is 0 Å². The summed E-state index contributed by atoms with van der Waals surface area (Å²) in [6.07, 6.45) is 0. The molecule has 0 amide bonds. The van der Waals surface area contributed by atoms with Gasteiger partial charge in [0.2, 0.25) is 0 Å². The summed E-state index contributed by atoms with van der Waals surface area (Å²) in [6, 6.07) is 37.0. The van der Waals surface area contributed by atoms with E-state index in [0.717, 1.165) is 5.69 Å². The summed E-state index contributed by atoms with van der Waals surface area (Å²) >= 11 is 0. The standard InChI is InChI=1S/C28H22N2P2/c31-30(32)27-11-4-3-9-22(27)21-8-5-7-19(16-21)20-13-15-26-25(17-20)24-14-12-18-6-1-2-10-23(18)28(24)29-26/h1-17,29H,31-32H2. The van der Waals surface area contributed by atoms with E-state index in [2.05, 4.69) is 127 Å². The fourth-order valence-corrected chi connectivity index (χ4v) is 5.08. The zero-order valence-corrected chi connectivity index (χ0v) is 19.7. The van der Waals surface area contributed by atoms with Crippen molar-refractivity contribution in [2.45, 2.75) is 0 Å². The number of nitrogens with zero attached hydrogens (tertiary/aromatic N) is 1. The second kappa shape index (κ2) is 7.75. The summed E-state index contributed by atoms with van der Waals surface area (Å²) in [5.74, 6) is 0. The zero-order chi connectivity index (χ0) is 21.7. The van der Waals surface area contributed by atoms with Gasteiger partial charge >= 0.3 is 0 Å². The van der Waals surface area contributed by atoms with E-state index >= 15 is 0 Å². The third-order valence-electron chi connectivity index (χ3n) is 6.19. The van der Waals surface area contributed by atoms with Gasteiger partial charge in [-0.2, -0.15) is 0 Å². The fourth-order valence-electron chi connectivity index (χ4n) is 4.63. The summed E-state index contributed by atoms with van der Waals surface area (Å²) < 4.78 is 2.00. The predicted molar refractivity (Wildman–Crippen MR) is 146 cm³/mol. The Morgan fingerprint density at radius 2 is 1.34 bits per heavy atom. The summed E-state index contributed by atoms with van der Waals surface area (Å²) in [4.78, 5) is 3.65. The molecule has 6 rings (SSSR count). The molecule has 0 saturated heterocycles. The van der Waals surface area contributed by atoms with Crippen molar-refractivity contribution in [2.24, 2.45) is 0 Å². The first kappa shape index (κ1) is 19.5. The monoisotopic (exact) mass is 448 g/mol. The van der Waals surface area contributed by atoms with Crippen LogP contribution in [0.15, 0.2) is 103 Å². The van der Waals surface area contributed by atoms with Gasteiger partial charge < -0.3 is 9.42 Å². The molecule has 1 heterocycles. The second-order valence-corrected chi connectivity index (χ2v) is 9.81. The quantitative estimate of drug-likeness (QED) is 0.270. The Morgan fingerprint density at radius 1 is 0.562 bits per heavy atom. The first-order valence-corrected chi connectivity index (χ1v) is 11.6. The van der Waals surface area contributed by atoms with Crippen molar-refractivity contribution < 1.29 is 0 Å². The van der Waals surface area contributed by atoms with Crippen molar-refractivity contribution in [2.75, 3.05) is 4.44 Å². The van der Waals surface area contributed by atoms with E-state index in [9.17, 15) is 0 Å². The van der Waals surface area contributed by atoms with Gasteiger partial charge in [0, 0.05) is 27.2 Å². The van der Waals surface area contributed by atoms with E-state index in [1.807, 2.05) is 4.44 Å². The SMILES string of the molecule is PN(P)c1ccccc1-c1cccc(-c2ccc3[nH]c4c5ccccc5ccc4c3c2)c1. The van der Waals surface area contributed by atoms with Gasteiger partial charge in [0.15, 0.2) is 0 Å². The molecule has 5 aromatic carbocycles. The molecule has 0 aliphatic heterocycles. The third kappa shape index (κ3) is 3.19. The normalized spacial score (nSPS) is 11.4. The van der Waals surface area contributed by atoms with Gasteiger partial charge in [-0.1, -0.05) is 78.9 Å². The molecule has 0 radical (unpaired) electrons. The number of para-hydroxylation sites is 1. The van der Waals surface area contributed by atoms with Crippen LogP contribution in [0.5, 0.6) is 0 Å². The van der Waals surface area contributed by atoms with Crippen molar-refractivity contribution in [1.82, 2.24) is 4.98 Å². The first-order valence-electron chi connectivity index (χ1n) is 10.6. The highest BCUT2D eigenvalue weighted by Gasteiger charge is 2.11. The fraction of sp³-hybridized carbons (Fsp3) is 0. The number of fused-ring (bicyclic) bond motifs is 5. The summed E-state index contributed by atoms with van der Waals surface area (Å²) in [5, 5.41) is 5.05. The molecule has 154 valence electrons. The van der Waals surface area contributed by atoms with Crippen molar-refractivity contribution in [3.63, 3.8) is 0 Å². The lowest BCUT2D eigenvalue weighted by Gasteiger charge is -2.17.